The lowest BCUT2D eigenvalue weighted by atomic mass is 10.1. The van der Waals surface area contributed by atoms with E-state index in [-0.39, 0.29) is 24.4 Å². The molecular formula is C16H24N2O2. The summed E-state index contributed by atoms with van der Waals surface area (Å²) in [4.78, 5) is 23.6. The Morgan fingerprint density at radius 1 is 1.10 bits per heavy atom. The predicted molar refractivity (Wildman–Crippen MR) is 80.8 cm³/mol. The fraction of sp³-hybridized carbons (Fsp3) is 0.500. The minimum atomic E-state index is -0.215. The van der Waals surface area contributed by atoms with Crippen LogP contribution in [0.15, 0.2) is 18.2 Å². The van der Waals surface area contributed by atoms with Gasteiger partial charge in [0, 0.05) is 11.6 Å². The fourth-order valence-corrected chi connectivity index (χ4v) is 1.92. The number of amides is 2. The van der Waals surface area contributed by atoms with Crippen LogP contribution >= 0.6 is 0 Å². The summed E-state index contributed by atoms with van der Waals surface area (Å²) < 4.78 is 0. The summed E-state index contributed by atoms with van der Waals surface area (Å²) in [6, 6.07) is 5.70. The number of rotatable bonds is 6. The zero-order valence-electron chi connectivity index (χ0n) is 12.7. The van der Waals surface area contributed by atoms with Crippen molar-refractivity contribution in [2.45, 2.75) is 46.6 Å². The van der Waals surface area contributed by atoms with E-state index in [0.29, 0.717) is 5.56 Å². The number of aryl methyl sites for hydroxylation is 2. The van der Waals surface area contributed by atoms with Crippen molar-refractivity contribution >= 4 is 11.8 Å². The molecule has 0 fully saturated rings. The van der Waals surface area contributed by atoms with Gasteiger partial charge in [0.15, 0.2) is 0 Å². The normalized spacial score (nSPS) is 10.4. The summed E-state index contributed by atoms with van der Waals surface area (Å²) in [5, 5.41) is 5.54. The van der Waals surface area contributed by atoms with Crippen LogP contribution in [-0.4, -0.2) is 24.4 Å². The average molecular weight is 276 g/mol. The molecule has 0 heterocycles. The van der Waals surface area contributed by atoms with Crippen molar-refractivity contribution in [1.82, 2.24) is 10.6 Å². The first-order chi connectivity index (χ1) is 9.47. The Kier molecular flexibility index (Phi) is 6.22. The number of carbonyl (C=O) groups excluding carboxylic acids is 2. The van der Waals surface area contributed by atoms with E-state index >= 15 is 0 Å². The standard InChI is InChI=1S/C16H24N2O2/c1-5-14(6-2)18-15(19)10-17-16(20)13-8-7-11(3)12(4)9-13/h7-9,14H,5-6,10H2,1-4H3,(H,17,20)(H,18,19). The van der Waals surface area contributed by atoms with E-state index in [1.165, 1.54) is 0 Å². The van der Waals surface area contributed by atoms with Crippen molar-refractivity contribution < 1.29 is 9.59 Å². The second-order valence-corrected chi connectivity index (χ2v) is 5.06. The first-order valence-electron chi connectivity index (χ1n) is 7.12. The van der Waals surface area contributed by atoms with E-state index in [4.69, 9.17) is 0 Å². The molecule has 110 valence electrons. The van der Waals surface area contributed by atoms with Crippen LogP contribution in [-0.2, 0) is 4.79 Å². The predicted octanol–water partition coefficient (Wildman–Crippen LogP) is 2.34. The maximum Gasteiger partial charge on any atom is 0.251 e. The molecule has 2 N–H and O–H groups in total. The summed E-state index contributed by atoms with van der Waals surface area (Å²) >= 11 is 0. The van der Waals surface area contributed by atoms with Gasteiger partial charge in [-0.05, 0) is 49.9 Å². The van der Waals surface area contributed by atoms with Crippen molar-refractivity contribution in [2.24, 2.45) is 0 Å². The third kappa shape index (κ3) is 4.68. The van der Waals surface area contributed by atoms with Gasteiger partial charge < -0.3 is 10.6 Å². The Morgan fingerprint density at radius 3 is 2.30 bits per heavy atom. The van der Waals surface area contributed by atoms with Gasteiger partial charge in [0.05, 0.1) is 6.54 Å². The van der Waals surface area contributed by atoms with Crippen molar-refractivity contribution in [3.63, 3.8) is 0 Å². The van der Waals surface area contributed by atoms with Gasteiger partial charge in [-0.15, -0.1) is 0 Å². The van der Waals surface area contributed by atoms with Gasteiger partial charge in [0.25, 0.3) is 5.91 Å². The molecule has 1 rings (SSSR count). The third-order valence-corrected chi connectivity index (χ3v) is 3.53. The summed E-state index contributed by atoms with van der Waals surface area (Å²) in [6.45, 7) is 8.04. The molecule has 0 aliphatic carbocycles. The molecule has 0 saturated heterocycles. The lowest BCUT2D eigenvalue weighted by Gasteiger charge is -2.15. The van der Waals surface area contributed by atoms with Crippen LogP contribution in [0.5, 0.6) is 0 Å². The molecule has 0 radical (unpaired) electrons. The summed E-state index contributed by atoms with van der Waals surface area (Å²) in [5.74, 6) is -0.358. The average Bonchev–Trinajstić information content (AvgIpc) is 2.45. The number of hydrogen-bond donors (Lipinski definition) is 2. The summed E-state index contributed by atoms with van der Waals surface area (Å²) in [6.07, 6.45) is 1.79. The zero-order valence-corrected chi connectivity index (χ0v) is 12.7. The monoisotopic (exact) mass is 276 g/mol. The number of hydrogen-bond acceptors (Lipinski definition) is 2. The zero-order chi connectivity index (χ0) is 15.1. The van der Waals surface area contributed by atoms with E-state index in [9.17, 15) is 9.59 Å². The molecule has 0 aromatic heterocycles. The Morgan fingerprint density at radius 2 is 1.75 bits per heavy atom. The van der Waals surface area contributed by atoms with Gasteiger partial charge in [0.1, 0.15) is 0 Å². The molecule has 0 bridgehead atoms. The van der Waals surface area contributed by atoms with Crippen molar-refractivity contribution in [1.29, 1.82) is 0 Å². The van der Waals surface area contributed by atoms with Gasteiger partial charge in [-0.2, -0.15) is 0 Å². The Hall–Kier alpha value is -1.84. The molecule has 0 atom stereocenters. The molecule has 1 aromatic carbocycles. The van der Waals surface area contributed by atoms with Crippen LogP contribution in [0.4, 0.5) is 0 Å². The molecular weight excluding hydrogens is 252 g/mol. The van der Waals surface area contributed by atoms with Crippen LogP contribution in [0, 0.1) is 13.8 Å². The highest BCUT2D eigenvalue weighted by molar-refractivity contribution is 5.96. The van der Waals surface area contributed by atoms with Crippen LogP contribution in [0.25, 0.3) is 0 Å². The van der Waals surface area contributed by atoms with E-state index < -0.39 is 0 Å². The maximum atomic E-state index is 11.9. The Balaban J connectivity index is 2.50. The third-order valence-electron chi connectivity index (χ3n) is 3.53. The number of nitrogens with one attached hydrogen (secondary N) is 2. The van der Waals surface area contributed by atoms with Crippen molar-refractivity contribution in [3.8, 4) is 0 Å². The lowest BCUT2D eigenvalue weighted by Crippen LogP contribution is -2.41. The maximum absolute atomic E-state index is 11.9. The second-order valence-electron chi connectivity index (χ2n) is 5.06. The van der Waals surface area contributed by atoms with Crippen LogP contribution in [0.2, 0.25) is 0 Å². The molecule has 0 aliphatic heterocycles. The summed E-state index contributed by atoms with van der Waals surface area (Å²) in [7, 11) is 0. The van der Waals surface area contributed by atoms with Gasteiger partial charge in [0.2, 0.25) is 5.91 Å². The highest BCUT2D eigenvalue weighted by Gasteiger charge is 2.11. The smallest absolute Gasteiger partial charge is 0.251 e. The molecule has 4 nitrogen and oxygen atoms in total. The van der Waals surface area contributed by atoms with Crippen LogP contribution < -0.4 is 10.6 Å². The molecule has 0 unspecified atom stereocenters. The molecule has 2 amide bonds. The van der Waals surface area contributed by atoms with Crippen molar-refractivity contribution in [3.05, 3.63) is 34.9 Å². The molecule has 0 aliphatic rings. The van der Waals surface area contributed by atoms with Crippen LogP contribution in [0.1, 0.15) is 48.2 Å². The number of carbonyl (C=O) groups is 2. The number of benzene rings is 1. The lowest BCUT2D eigenvalue weighted by molar-refractivity contribution is -0.120. The first-order valence-corrected chi connectivity index (χ1v) is 7.12. The molecule has 0 saturated carbocycles. The Bertz CT molecular complexity index is 479. The highest BCUT2D eigenvalue weighted by atomic mass is 16.2. The van der Waals surface area contributed by atoms with Crippen molar-refractivity contribution in [2.75, 3.05) is 6.54 Å². The van der Waals surface area contributed by atoms with Gasteiger partial charge in [-0.3, -0.25) is 9.59 Å². The molecule has 0 spiro atoms. The molecule has 4 heteroatoms. The van der Waals surface area contributed by atoms with E-state index in [1.54, 1.807) is 6.07 Å². The quantitative estimate of drug-likeness (QED) is 0.838. The minimum Gasteiger partial charge on any atom is -0.352 e. The highest BCUT2D eigenvalue weighted by Crippen LogP contribution is 2.09. The molecule has 20 heavy (non-hydrogen) atoms. The summed E-state index contributed by atoms with van der Waals surface area (Å²) in [5.41, 5.74) is 2.80. The largest absolute Gasteiger partial charge is 0.352 e. The SMILES string of the molecule is CCC(CC)NC(=O)CNC(=O)c1ccc(C)c(C)c1. The first kappa shape index (κ1) is 16.2. The Labute approximate surface area is 121 Å². The van der Waals surface area contributed by atoms with E-state index in [2.05, 4.69) is 10.6 Å². The van der Waals surface area contributed by atoms with Crippen LogP contribution in [0.3, 0.4) is 0 Å². The van der Waals surface area contributed by atoms with E-state index in [0.717, 1.165) is 24.0 Å². The fourth-order valence-electron chi connectivity index (χ4n) is 1.92. The minimum absolute atomic E-state index is 0.0161. The van der Waals surface area contributed by atoms with E-state index in [1.807, 2.05) is 39.8 Å². The topological polar surface area (TPSA) is 58.2 Å². The van der Waals surface area contributed by atoms with Gasteiger partial charge in [-0.1, -0.05) is 19.9 Å². The van der Waals surface area contributed by atoms with Gasteiger partial charge >= 0.3 is 0 Å². The molecule has 1 aromatic rings. The second kappa shape index (κ2) is 7.68. The van der Waals surface area contributed by atoms with Gasteiger partial charge in [-0.25, -0.2) is 0 Å².